The van der Waals surface area contributed by atoms with Gasteiger partial charge in [-0.15, -0.1) is 0 Å². The first-order valence-corrected chi connectivity index (χ1v) is 8.32. The molecule has 5 nitrogen and oxygen atoms in total. The van der Waals surface area contributed by atoms with E-state index >= 15 is 0 Å². The first-order valence-electron chi connectivity index (χ1n) is 8.32. The molecule has 0 radical (unpaired) electrons. The molecule has 1 aliphatic rings. The quantitative estimate of drug-likeness (QED) is 0.714. The molecule has 0 aromatic carbocycles. The van der Waals surface area contributed by atoms with Crippen molar-refractivity contribution in [3.63, 3.8) is 0 Å². The maximum Gasteiger partial charge on any atom is 0.242 e. The van der Waals surface area contributed by atoms with E-state index in [2.05, 4.69) is 24.5 Å². The molecule has 0 saturated carbocycles. The Balaban J connectivity index is 2.88. The lowest BCUT2D eigenvalue weighted by Gasteiger charge is -2.33. The fraction of sp³-hybridized carbons (Fsp3) is 0.875. The highest BCUT2D eigenvalue weighted by molar-refractivity contribution is 5.90. The summed E-state index contributed by atoms with van der Waals surface area (Å²) in [7, 11) is 0. The van der Waals surface area contributed by atoms with Crippen LogP contribution in [0.25, 0.3) is 0 Å². The smallest absolute Gasteiger partial charge is 0.242 e. The fourth-order valence-corrected chi connectivity index (χ4v) is 2.87. The fourth-order valence-electron chi connectivity index (χ4n) is 2.87. The van der Waals surface area contributed by atoms with Crippen LogP contribution in [0.4, 0.5) is 0 Å². The van der Waals surface area contributed by atoms with E-state index < -0.39 is 0 Å². The molecule has 1 saturated heterocycles. The second-order valence-corrected chi connectivity index (χ2v) is 6.22. The Morgan fingerprint density at radius 1 is 1.33 bits per heavy atom. The Morgan fingerprint density at radius 3 is 2.52 bits per heavy atom. The molecule has 1 rings (SSSR count). The molecule has 0 aromatic heterocycles. The number of nitrogens with one attached hydrogen (secondary N) is 2. The first-order chi connectivity index (χ1) is 10.0. The molecule has 2 atom stereocenters. The summed E-state index contributed by atoms with van der Waals surface area (Å²) in [6.07, 6.45) is 3.49. The number of nitrogens with zero attached hydrogens (tertiary/aromatic N) is 1. The number of hydrogen-bond donors (Lipinski definition) is 2. The van der Waals surface area contributed by atoms with Crippen LogP contribution in [0.15, 0.2) is 0 Å². The molecule has 0 spiro atoms. The Hall–Kier alpha value is -1.10. The van der Waals surface area contributed by atoms with Gasteiger partial charge in [0.05, 0.1) is 6.04 Å². The summed E-state index contributed by atoms with van der Waals surface area (Å²) in [4.78, 5) is 26.9. The van der Waals surface area contributed by atoms with Crippen molar-refractivity contribution in [1.29, 1.82) is 0 Å². The maximum absolute atomic E-state index is 12.8. The van der Waals surface area contributed by atoms with E-state index in [4.69, 9.17) is 0 Å². The second kappa shape index (κ2) is 9.03. The van der Waals surface area contributed by atoms with Crippen LogP contribution in [-0.4, -0.2) is 48.4 Å². The van der Waals surface area contributed by atoms with Gasteiger partial charge in [0.2, 0.25) is 11.8 Å². The molecule has 5 heteroatoms. The van der Waals surface area contributed by atoms with Gasteiger partial charge in [0.1, 0.15) is 6.04 Å². The largest absolute Gasteiger partial charge is 0.355 e. The zero-order chi connectivity index (χ0) is 15.8. The summed E-state index contributed by atoms with van der Waals surface area (Å²) in [6.45, 7) is 10.3. The molecular weight excluding hydrogens is 266 g/mol. The van der Waals surface area contributed by atoms with Gasteiger partial charge in [0, 0.05) is 13.1 Å². The molecule has 2 N–H and O–H groups in total. The molecular formula is C16H31N3O2. The van der Waals surface area contributed by atoms with Gasteiger partial charge in [-0.25, -0.2) is 0 Å². The van der Waals surface area contributed by atoms with Gasteiger partial charge in [-0.1, -0.05) is 20.8 Å². The van der Waals surface area contributed by atoms with E-state index in [1.807, 2.05) is 13.8 Å². The zero-order valence-corrected chi connectivity index (χ0v) is 13.9. The van der Waals surface area contributed by atoms with E-state index in [9.17, 15) is 9.59 Å². The Kier molecular flexibility index (Phi) is 7.72. The number of rotatable bonds is 8. The van der Waals surface area contributed by atoms with Crippen LogP contribution in [0.3, 0.4) is 0 Å². The number of hydrogen-bond acceptors (Lipinski definition) is 3. The van der Waals surface area contributed by atoms with Crippen LogP contribution in [0.2, 0.25) is 0 Å². The third-order valence-corrected chi connectivity index (χ3v) is 3.83. The average molecular weight is 297 g/mol. The minimum Gasteiger partial charge on any atom is -0.355 e. The minimum atomic E-state index is -0.347. The van der Waals surface area contributed by atoms with Gasteiger partial charge in [-0.2, -0.15) is 0 Å². The van der Waals surface area contributed by atoms with Crippen molar-refractivity contribution in [3.8, 4) is 0 Å². The van der Waals surface area contributed by atoms with Gasteiger partial charge in [-0.3, -0.25) is 9.59 Å². The maximum atomic E-state index is 12.8. The topological polar surface area (TPSA) is 61.4 Å². The van der Waals surface area contributed by atoms with Crippen LogP contribution < -0.4 is 10.6 Å². The SMILES string of the molecule is CCCN(C(=O)[C@@H]1CCCN1)[C@@H](CC(C)C)C(=O)NCC. The highest BCUT2D eigenvalue weighted by Gasteiger charge is 2.34. The van der Waals surface area contributed by atoms with Crippen molar-refractivity contribution in [2.45, 2.75) is 65.5 Å². The van der Waals surface area contributed by atoms with Gasteiger partial charge in [-0.05, 0) is 45.1 Å². The summed E-state index contributed by atoms with van der Waals surface area (Å²) in [5, 5.41) is 6.13. The van der Waals surface area contributed by atoms with E-state index in [1.165, 1.54) is 0 Å². The van der Waals surface area contributed by atoms with Crippen LogP contribution in [-0.2, 0) is 9.59 Å². The number of carbonyl (C=O) groups excluding carboxylic acids is 2. The first kappa shape index (κ1) is 18.0. The predicted octanol–water partition coefficient (Wildman–Crippen LogP) is 1.53. The third-order valence-electron chi connectivity index (χ3n) is 3.83. The molecule has 0 aliphatic carbocycles. The van der Waals surface area contributed by atoms with Crippen LogP contribution in [0, 0.1) is 5.92 Å². The normalized spacial score (nSPS) is 19.6. The van der Waals surface area contributed by atoms with Crippen molar-refractivity contribution in [2.24, 2.45) is 5.92 Å². The molecule has 21 heavy (non-hydrogen) atoms. The monoisotopic (exact) mass is 297 g/mol. The van der Waals surface area contributed by atoms with Crippen LogP contribution in [0.5, 0.6) is 0 Å². The number of likely N-dealkylation sites (N-methyl/N-ethyl adjacent to an activating group) is 1. The number of carbonyl (C=O) groups is 2. The molecule has 0 aromatic rings. The van der Waals surface area contributed by atoms with Gasteiger partial charge in [0.25, 0.3) is 0 Å². The van der Waals surface area contributed by atoms with Gasteiger partial charge < -0.3 is 15.5 Å². The van der Waals surface area contributed by atoms with E-state index in [0.717, 1.165) is 25.8 Å². The Labute approximate surface area is 128 Å². The molecule has 1 heterocycles. The predicted molar refractivity (Wildman–Crippen MR) is 85.0 cm³/mol. The second-order valence-electron chi connectivity index (χ2n) is 6.22. The molecule has 2 amide bonds. The lowest BCUT2D eigenvalue weighted by Crippen LogP contribution is -2.54. The van der Waals surface area contributed by atoms with E-state index in [-0.39, 0.29) is 23.9 Å². The highest BCUT2D eigenvalue weighted by atomic mass is 16.2. The highest BCUT2D eigenvalue weighted by Crippen LogP contribution is 2.17. The van der Waals surface area contributed by atoms with E-state index in [0.29, 0.717) is 25.4 Å². The zero-order valence-electron chi connectivity index (χ0n) is 13.9. The average Bonchev–Trinajstić information content (AvgIpc) is 2.96. The van der Waals surface area contributed by atoms with Gasteiger partial charge >= 0.3 is 0 Å². The molecule has 0 unspecified atom stereocenters. The van der Waals surface area contributed by atoms with Crippen LogP contribution in [0.1, 0.15) is 53.4 Å². The lowest BCUT2D eigenvalue weighted by atomic mass is 10.00. The van der Waals surface area contributed by atoms with Crippen molar-refractivity contribution < 1.29 is 9.59 Å². The van der Waals surface area contributed by atoms with Crippen molar-refractivity contribution in [1.82, 2.24) is 15.5 Å². The Bertz CT molecular complexity index is 338. The van der Waals surface area contributed by atoms with Crippen molar-refractivity contribution in [3.05, 3.63) is 0 Å². The standard InChI is InChI=1S/C16H31N3O2/c1-5-10-19(16(21)13-8-7-9-18-13)14(11-12(3)4)15(20)17-6-2/h12-14,18H,5-11H2,1-4H3,(H,17,20)/t13-,14-/m0/s1. The minimum absolute atomic E-state index is 0.0222. The summed E-state index contributed by atoms with van der Waals surface area (Å²) in [5.41, 5.74) is 0. The molecule has 122 valence electrons. The molecule has 1 fully saturated rings. The molecule has 1 aliphatic heterocycles. The summed E-state index contributed by atoms with van der Waals surface area (Å²) < 4.78 is 0. The van der Waals surface area contributed by atoms with Crippen LogP contribution >= 0.6 is 0 Å². The Morgan fingerprint density at radius 2 is 2.05 bits per heavy atom. The number of amides is 2. The summed E-state index contributed by atoms with van der Waals surface area (Å²) >= 11 is 0. The van der Waals surface area contributed by atoms with Crippen molar-refractivity contribution >= 4 is 11.8 Å². The van der Waals surface area contributed by atoms with E-state index in [1.54, 1.807) is 4.90 Å². The van der Waals surface area contributed by atoms with Gasteiger partial charge in [0.15, 0.2) is 0 Å². The summed E-state index contributed by atoms with van der Waals surface area (Å²) in [6, 6.07) is -0.458. The lowest BCUT2D eigenvalue weighted by molar-refractivity contribution is -0.142. The molecule has 0 bridgehead atoms. The van der Waals surface area contributed by atoms with Crippen molar-refractivity contribution in [2.75, 3.05) is 19.6 Å². The third kappa shape index (κ3) is 5.30. The summed E-state index contributed by atoms with van der Waals surface area (Å²) in [5.74, 6) is 0.443.